The van der Waals surface area contributed by atoms with E-state index in [4.69, 9.17) is 30.9 Å². The van der Waals surface area contributed by atoms with Gasteiger partial charge < -0.3 is 41.3 Å². The average molecular weight is 662 g/mol. The summed E-state index contributed by atoms with van der Waals surface area (Å²) >= 11 is 0. The number of ether oxygens (including phenoxy) is 1. The van der Waals surface area contributed by atoms with Crippen molar-refractivity contribution in [2.45, 2.75) is 38.8 Å². The first kappa shape index (κ1) is 36.2. The lowest BCUT2D eigenvalue weighted by Crippen LogP contribution is -2.47. The monoisotopic (exact) mass is 661 g/mol. The molecule has 0 saturated carbocycles. The summed E-state index contributed by atoms with van der Waals surface area (Å²) in [5, 5.41) is 38.4. The summed E-state index contributed by atoms with van der Waals surface area (Å²) in [4.78, 5) is 72.5. The molecule has 1 aliphatic heterocycles. The molecule has 252 valence electrons. The van der Waals surface area contributed by atoms with Gasteiger partial charge in [-0.2, -0.15) is 0 Å². The van der Waals surface area contributed by atoms with Crippen LogP contribution in [0, 0.1) is 11.3 Å². The van der Waals surface area contributed by atoms with Crippen LogP contribution in [0.1, 0.15) is 36.5 Å². The summed E-state index contributed by atoms with van der Waals surface area (Å²) in [6.07, 6.45) is -0.880. The Morgan fingerprint density at radius 3 is 2.17 bits per heavy atom. The largest absolute Gasteiger partial charge is 0.481 e. The third-order valence-electron chi connectivity index (χ3n) is 6.95. The minimum atomic E-state index is -1.50. The first-order chi connectivity index (χ1) is 22.7. The number of carboxylic acids is 3. The van der Waals surface area contributed by atoms with Crippen LogP contribution in [-0.4, -0.2) is 69.4 Å². The molecule has 2 atom stereocenters. The number of anilines is 2. The van der Waals surface area contributed by atoms with Crippen molar-refractivity contribution < 1.29 is 48.8 Å². The molecule has 48 heavy (non-hydrogen) atoms. The van der Waals surface area contributed by atoms with E-state index in [1.165, 1.54) is 11.0 Å². The molecule has 0 spiro atoms. The van der Waals surface area contributed by atoms with Gasteiger partial charge in [-0.25, -0.2) is 4.79 Å². The molecular weight excluding hydrogens is 626 g/mol. The Labute approximate surface area is 274 Å². The highest BCUT2D eigenvalue weighted by Gasteiger charge is 2.32. The van der Waals surface area contributed by atoms with Crippen LogP contribution in [0.25, 0.3) is 0 Å². The normalized spacial score (nSPS) is 12.9. The molecule has 1 unspecified atom stereocenters. The first-order valence-corrected chi connectivity index (χ1v) is 14.5. The van der Waals surface area contributed by atoms with E-state index in [1.54, 1.807) is 66.7 Å². The Bertz CT molecular complexity index is 1670. The lowest BCUT2D eigenvalue weighted by Gasteiger charge is -2.30. The number of benzene rings is 3. The van der Waals surface area contributed by atoms with Gasteiger partial charge in [-0.3, -0.25) is 29.4 Å². The van der Waals surface area contributed by atoms with Crippen LogP contribution in [-0.2, 0) is 41.7 Å². The van der Waals surface area contributed by atoms with Gasteiger partial charge in [0.1, 0.15) is 23.5 Å². The average Bonchev–Trinajstić information content (AvgIpc) is 3.03. The second-order valence-electron chi connectivity index (χ2n) is 10.6. The zero-order valence-corrected chi connectivity index (χ0v) is 25.8. The molecule has 1 aliphatic rings. The second kappa shape index (κ2) is 16.9. The van der Waals surface area contributed by atoms with Crippen LogP contribution in [0.3, 0.4) is 0 Å². The molecule has 1 heterocycles. The molecule has 15 nitrogen and oxygen atoms in total. The van der Waals surface area contributed by atoms with Gasteiger partial charge in [0.15, 0.2) is 6.61 Å². The minimum absolute atomic E-state index is 0.0457. The lowest BCUT2D eigenvalue weighted by molar-refractivity contribution is -0.145. The smallest absolute Gasteiger partial charge is 0.326 e. The van der Waals surface area contributed by atoms with Gasteiger partial charge >= 0.3 is 11.9 Å². The maximum atomic E-state index is 13.4. The van der Waals surface area contributed by atoms with Crippen molar-refractivity contribution in [3.8, 4) is 5.75 Å². The summed E-state index contributed by atoms with van der Waals surface area (Å²) in [6.45, 7) is 1.08. The number of carboxylic acid groups (broad SMARTS) is 3. The molecule has 0 fully saturated rings. The van der Waals surface area contributed by atoms with Crippen molar-refractivity contribution in [1.82, 2.24) is 5.32 Å². The fraction of sp³-hybridized carbons (Fsp3) is 0.242. The number of amidine groups is 1. The SMILES string of the molecule is CC(=O)O.N=C(N)c1ccc(CN2C(=O)COc3cc(NC(=O)C(Cc4ccccc4)C(=O)N[C@@H](CCC(=O)O)C(=O)O)ccc32)cc1. The van der Waals surface area contributed by atoms with Gasteiger partial charge in [0.05, 0.1) is 12.2 Å². The van der Waals surface area contributed by atoms with Gasteiger partial charge in [0.2, 0.25) is 11.8 Å². The highest BCUT2D eigenvalue weighted by Crippen LogP contribution is 2.35. The summed E-state index contributed by atoms with van der Waals surface area (Å²) in [7, 11) is 0. The molecule has 4 rings (SSSR count). The summed E-state index contributed by atoms with van der Waals surface area (Å²) in [5.41, 5.74) is 8.27. The van der Waals surface area contributed by atoms with Crippen molar-refractivity contribution in [2.75, 3.05) is 16.8 Å². The molecule has 3 aromatic carbocycles. The van der Waals surface area contributed by atoms with Crippen LogP contribution in [0.15, 0.2) is 72.8 Å². The van der Waals surface area contributed by atoms with Gasteiger partial charge in [-0.15, -0.1) is 0 Å². The number of carbonyl (C=O) groups is 6. The minimum Gasteiger partial charge on any atom is -0.481 e. The van der Waals surface area contributed by atoms with Crippen LogP contribution in [0.5, 0.6) is 5.75 Å². The second-order valence-corrected chi connectivity index (χ2v) is 10.6. The molecule has 0 radical (unpaired) electrons. The molecule has 3 aromatic rings. The highest BCUT2D eigenvalue weighted by atomic mass is 16.5. The van der Waals surface area contributed by atoms with Gasteiger partial charge in [0.25, 0.3) is 11.9 Å². The Hall–Kier alpha value is -6.25. The molecule has 8 N–H and O–H groups in total. The van der Waals surface area contributed by atoms with Gasteiger partial charge in [-0.1, -0.05) is 54.6 Å². The zero-order chi connectivity index (χ0) is 35.4. The van der Waals surface area contributed by atoms with Crippen molar-refractivity contribution >= 4 is 52.8 Å². The number of nitrogen functional groups attached to an aromatic ring is 1. The predicted octanol–water partition coefficient (Wildman–Crippen LogP) is 2.22. The van der Waals surface area contributed by atoms with E-state index >= 15 is 0 Å². The van der Waals surface area contributed by atoms with Crippen LogP contribution >= 0.6 is 0 Å². The third kappa shape index (κ3) is 10.7. The summed E-state index contributed by atoms with van der Waals surface area (Å²) in [5.74, 6) is -6.43. The van der Waals surface area contributed by atoms with E-state index in [0.29, 0.717) is 22.6 Å². The molecule has 0 bridgehead atoms. The lowest BCUT2D eigenvalue weighted by atomic mass is 9.96. The number of amides is 3. The quantitative estimate of drug-likeness (QED) is 0.0794. The number of carbonyl (C=O) groups excluding carboxylic acids is 3. The number of rotatable bonds is 13. The predicted molar refractivity (Wildman–Crippen MR) is 173 cm³/mol. The van der Waals surface area contributed by atoms with Crippen molar-refractivity contribution in [1.29, 1.82) is 5.41 Å². The summed E-state index contributed by atoms with van der Waals surface area (Å²) < 4.78 is 5.63. The Morgan fingerprint density at radius 1 is 0.938 bits per heavy atom. The molecule has 3 amide bonds. The number of nitrogens with two attached hydrogens (primary N) is 1. The number of nitrogens with zero attached hydrogens (tertiary/aromatic N) is 1. The molecule has 15 heteroatoms. The van der Waals surface area contributed by atoms with Crippen molar-refractivity contribution in [2.24, 2.45) is 11.7 Å². The zero-order valence-electron chi connectivity index (χ0n) is 25.8. The molecule has 0 aliphatic carbocycles. The Morgan fingerprint density at radius 2 is 1.58 bits per heavy atom. The van der Waals surface area contributed by atoms with Crippen LogP contribution in [0.2, 0.25) is 0 Å². The van der Waals surface area contributed by atoms with E-state index in [0.717, 1.165) is 12.5 Å². The molecule has 0 saturated heterocycles. The Kier molecular flexibility index (Phi) is 12.7. The first-order valence-electron chi connectivity index (χ1n) is 14.5. The maximum Gasteiger partial charge on any atom is 0.326 e. The number of hydrogen-bond donors (Lipinski definition) is 7. The maximum absolute atomic E-state index is 13.4. The number of fused-ring (bicyclic) bond motifs is 1. The van der Waals surface area contributed by atoms with Gasteiger partial charge in [-0.05, 0) is 36.1 Å². The van der Waals surface area contributed by atoms with E-state index in [1.807, 2.05) is 0 Å². The summed E-state index contributed by atoms with van der Waals surface area (Å²) in [6, 6.07) is 18.8. The molecular formula is C33H35N5O10. The van der Waals surface area contributed by atoms with E-state index < -0.39 is 48.1 Å². The highest BCUT2D eigenvalue weighted by molar-refractivity contribution is 6.08. The Balaban J connectivity index is 0.00000148. The fourth-order valence-electron chi connectivity index (χ4n) is 4.61. The van der Waals surface area contributed by atoms with E-state index in [9.17, 15) is 29.1 Å². The van der Waals surface area contributed by atoms with Crippen molar-refractivity contribution in [3.05, 3.63) is 89.5 Å². The standard InChI is InChI=1S/C31H31N5O8.C2H4O2/c32-28(33)20-8-6-19(7-9-20)16-36-24-12-10-21(15-25(24)44-17-26(36)37)34-29(40)22(14-18-4-2-1-3-5-18)30(41)35-23(31(42)43)11-13-27(38)39;1-2(3)4/h1-10,12,15,22-23H,11,13-14,16-17H2,(H3,32,33)(H,34,40)(H,35,41)(H,38,39)(H,42,43);1H3,(H,3,4)/t22?,23-;/m0./s1. The number of nitrogens with one attached hydrogen (secondary N) is 3. The number of hydrogen-bond acceptors (Lipinski definition) is 8. The number of aliphatic carboxylic acids is 3. The van der Waals surface area contributed by atoms with E-state index in [-0.39, 0.29) is 43.4 Å². The van der Waals surface area contributed by atoms with Crippen molar-refractivity contribution in [3.63, 3.8) is 0 Å². The topological polar surface area (TPSA) is 250 Å². The van der Waals surface area contributed by atoms with Crippen LogP contribution < -0.4 is 26.0 Å². The van der Waals surface area contributed by atoms with Gasteiger partial charge in [0, 0.05) is 30.7 Å². The molecule has 0 aromatic heterocycles. The fourth-order valence-corrected chi connectivity index (χ4v) is 4.61. The van der Waals surface area contributed by atoms with E-state index in [2.05, 4.69) is 10.6 Å². The van der Waals surface area contributed by atoms with Crippen LogP contribution in [0.4, 0.5) is 11.4 Å². The third-order valence-corrected chi connectivity index (χ3v) is 6.95.